The Balaban J connectivity index is 2.03. The normalized spacial score (nSPS) is 20.5. The molecule has 0 aliphatic heterocycles. The van der Waals surface area contributed by atoms with Gasteiger partial charge in [-0.05, 0) is 104 Å². The van der Waals surface area contributed by atoms with E-state index in [1.165, 1.54) is 12.1 Å². The molecule has 0 radical (unpaired) electrons. The molecule has 3 rings (SSSR count). The fraction of sp³-hybridized carbons (Fsp3) is 0.292. The maximum Gasteiger partial charge on any atom is 0.185 e. The summed E-state index contributed by atoms with van der Waals surface area (Å²) in [7, 11) is 0. The van der Waals surface area contributed by atoms with Gasteiger partial charge in [-0.3, -0.25) is 4.79 Å². The summed E-state index contributed by atoms with van der Waals surface area (Å²) in [5.74, 6) is -0.397. The average Bonchev–Trinajstić information content (AvgIpc) is 2.63. The average molecular weight is 524 g/mol. The van der Waals surface area contributed by atoms with Crippen LogP contribution < -0.4 is 0 Å². The Morgan fingerprint density at radius 1 is 0.862 bits per heavy atom. The van der Waals surface area contributed by atoms with Crippen molar-refractivity contribution in [2.45, 2.75) is 33.6 Å². The van der Waals surface area contributed by atoms with Gasteiger partial charge in [-0.15, -0.1) is 0 Å². The maximum atomic E-state index is 13.6. The number of halogens is 4. The molecule has 2 aromatic rings. The molecule has 29 heavy (non-hydrogen) atoms. The highest BCUT2D eigenvalue weighted by atomic mass is 79.9. The minimum absolute atomic E-state index is 0.00797. The number of carbonyl (C=O) groups is 1. The van der Waals surface area contributed by atoms with Gasteiger partial charge in [0.1, 0.15) is 11.6 Å². The minimum Gasteiger partial charge on any atom is -0.289 e. The lowest BCUT2D eigenvalue weighted by molar-refractivity contribution is -0.113. The first-order chi connectivity index (χ1) is 13.5. The second kappa shape index (κ2) is 8.65. The van der Waals surface area contributed by atoms with Gasteiger partial charge >= 0.3 is 0 Å². The fourth-order valence-electron chi connectivity index (χ4n) is 3.46. The highest BCUT2D eigenvalue weighted by Crippen LogP contribution is 2.42. The van der Waals surface area contributed by atoms with Gasteiger partial charge in [0, 0.05) is 11.1 Å². The van der Waals surface area contributed by atoms with E-state index in [0.717, 1.165) is 11.1 Å². The summed E-state index contributed by atoms with van der Waals surface area (Å²) < 4.78 is 27.9. The van der Waals surface area contributed by atoms with E-state index >= 15 is 0 Å². The van der Waals surface area contributed by atoms with Crippen LogP contribution in [0.25, 0.3) is 12.2 Å². The van der Waals surface area contributed by atoms with Gasteiger partial charge in [0.25, 0.3) is 0 Å². The molecule has 0 amide bonds. The Bertz CT molecular complexity index is 943. The highest BCUT2D eigenvalue weighted by Gasteiger charge is 2.34. The van der Waals surface area contributed by atoms with E-state index in [9.17, 15) is 13.6 Å². The van der Waals surface area contributed by atoms with Crippen molar-refractivity contribution in [1.29, 1.82) is 0 Å². The molecule has 0 heterocycles. The van der Waals surface area contributed by atoms with Crippen LogP contribution in [-0.2, 0) is 4.79 Å². The van der Waals surface area contributed by atoms with Gasteiger partial charge in [-0.2, -0.15) is 0 Å². The molecule has 2 aromatic carbocycles. The quantitative estimate of drug-likeness (QED) is 0.364. The van der Waals surface area contributed by atoms with E-state index in [1.807, 2.05) is 12.2 Å². The molecule has 5 heteroatoms. The Labute approximate surface area is 187 Å². The van der Waals surface area contributed by atoms with Crippen LogP contribution in [0.4, 0.5) is 8.78 Å². The van der Waals surface area contributed by atoms with Gasteiger partial charge < -0.3 is 0 Å². The summed E-state index contributed by atoms with van der Waals surface area (Å²) in [6, 6.07) is 9.46. The van der Waals surface area contributed by atoms with Crippen LogP contribution >= 0.6 is 31.9 Å². The fourth-order valence-corrected chi connectivity index (χ4v) is 4.26. The first-order valence-corrected chi connectivity index (χ1v) is 11.0. The van der Waals surface area contributed by atoms with Crippen molar-refractivity contribution < 1.29 is 13.6 Å². The molecule has 0 saturated heterocycles. The zero-order valence-electron chi connectivity index (χ0n) is 16.5. The summed E-state index contributed by atoms with van der Waals surface area (Å²) in [6.45, 7) is 6.52. The number of hydrogen-bond acceptors (Lipinski definition) is 1. The molecule has 1 saturated carbocycles. The second-order valence-electron chi connectivity index (χ2n) is 8.49. The summed E-state index contributed by atoms with van der Waals surface area (Å²) in [5, 5.41) is 0. The van der Waals surface area contributed by atoms with E-state index in [4.69, 9.17) is 0 Å². The minimum atomic E-state index is -0.336. The topological polar surface area (TPSA) is 17.1 Å². The Kier molecular flexibility index (Phi) is 6.59. The van der Waals surface area contributed by atoms with Crippen molar-refractivity contribution in [1.82, 2.24) is 0 Å². The van der Waals surface area contributed by atoms with Crippen molar-refractivity contribution in [3.05, 3.63) is 79.3 Å². The molecule has 1 fully saturated rings. The third-order valence-electron chi connectivity index (χ3n) is 5.31. The summed E-state index contributed by atoms with van der Waals surface area (Å²) >= 11 is 6.41. The number of benzene rings is 2. The molecular formula is C24H22Br2F2O. The van der Waals surface area contributed by atoms with Gasteiger partial charge in [-0.25, -0.2) is 8.78 Å². The van der Waals surface area contributed by atoms with E-state index in [2.05, 4.69) is 52.6 Å². The number of ketones is 1. The van der Waals surface area contributed by atoms with Gasteiger partial charge in [0.05, 0.1) is 8.95 Å². The second-order valence-corrected chi connectivity index (χ2v) is 10.2. The van der Waals surface area contributed by atoms with Crippen LogP contribution in [-0.4, -0.2) is 5.78 Å². The van der Waals surface area contributed by atoms with Gasteiger partial charge in [0.15, 0.2) is 5.78 Å². The van der Waals surface area contributed by atoms with Crippen LogP contribution in [0.3, 0.4) is 0 Å². The molecule has 152 valence electrons. The number of carbonyl (C=O) groups excluding carboxylic acids is 1. The molecule has 1 nitrogen and oxygen atoms in total. The van der Waals surface area contributed by atoms with E-state index in [-0.39, 0.29) is 28.8 Å². The van der Waals surface area contributed by atoms with Crippen molar-refractivity contribution in [2.75, 3.05) is 0 Å². The highest BCUT2D eigenvalue weighted by molar-refractivity contribution is 9.10. The van der Waals surface area contributed by atoms with E-state index < -0.39 is 0 Å². The molecule has 0 unspecified atom stereocenters. The zero-order chi connectivity index (χ0) is 21.3. The van der Waals surface area contributed by atoms with Crippen LogP contribution in [0.1, 0.15) is 44.7 Å². The Morgan fingerprint density at radius 2 is 1.28 bits per heavy atom. The van der Waals surface area contributed by atoms with Crippen LogP contribution in [0.2, 0.25) is 0 Å². The molecule has 0 N–H and O–H groups in total. The lowest BCUT2D eigenvalue weighted by Gasteiger charge is -2.35. The van der Waals surface area contributed by atoms with Crippen LogP contribution in [0, 0.1) is 23.0 Å². The third-order valence-corrected chi connectivity index (χ3v) is 6.53. The zero-order valence-corrected chi connectivity index (χ0v) is 19.7. The molecule has 1 aliphatic carbocycles. The Hall–Kier alpha value is -1.59. The maximum absolute atomic E-state index is 13.6. The van der Waals surface area contributed by atoms with Crippen molar-refractivity contribution in [3.63, 3.8) is 0 Å². The smallest absolute Gasteiger partial charge is 0.185 e. The molecular weight excluding hydrogens is 502 g/mol. The molecule has 1 aliphatic rings. The number of rotatable bonds is 2. The van der Waals surface area contributed by atoms with E-state index in [0.29, 0.717) is 32.9 Å². The number of Topliss-reactive ketones (excluding diaryl/α,β-unsaturated/α-hetero) is 1. The monoisotopic (exact) mass is 522 g/mol. The molecule has 0 bridgehead atoms. The predicted octanol–water partition coefficient (Wildman–Crippen LogP) is 7.98. The number of allylic oxidation sites excluding steroid dienone is 2. The van der Waals surface area contributed by atoms with Gasteiger partial charge in [-0.1, -0.05) is 32.9 Å². The van der Waals surface area contributed by atoms with Crippen molar-refractivity contribution in [2.24, 2.45) is 11.3 Å². The van der Waals surface area contributed by atoms with Gasteiger partial charge in [0.2, 0.25) is 0 Å². The van der Waals surface area contributed by atoms with Crippen LogP contribution in [0.5, 0.6) is 0 Å². The first kappa shape index (κ1) is 22.1. The lowest BCUT2D eigenvalue weighted by Crippen LogP contribution is -2.29. The molecule has 0 spiro atoms. The summed E-state index contributed by atoms with van der Waals surface area (Å²) in [5.41, 5.74) is 3.00. The SMILES string of the molecule is CC(C)(C)C1C/C(=C\c2ccc(F)c(Br)c2)C(=O)/C(=C/c2ccc(F)c(Br)c2)C1. The lowest BCUT2D eigenvalue weighted by atomic mass is 9.68. The van der Waals surface area contributed by atoms with Crippen molar-refractivity contribution in [3.8, 4) is 0 Å². The Morgan fingerprint density at radius 3 is 1.62 bits per heavy atom. The predicted molar refractivity (Wildman–Crippen MR) is 121 cm³/mol. The number of hydrogen-bond donors (Lipinski definition) is 0. The third kappa shape index (κ3) is 5.32. The van der Waals surface area contributed by atoms with Crippen molar-refractivity contribution >= 4 is 49.8 Å². The first-order valence-electron chi connectivity index (χ1n) is 9.40. The summed E-state index contributed by atoms with van der Waals surface area (Å²) in [4.78, 5) is 13.2. The summed E-state index contributed by atoms with van der Waals surface area (Å²) in [6.07, 6.45) is 5.03. The molecule has 0 aromatic heterocycles. The van der Waals surface area contributed by atoms with E-state index in [1.54, 1.807) is 24.3 Å². The van der Waals surface area contributed by atoms with Crippen LogP contribution in [0.15, 0.2) is 56.5 Å². The molecule has 0 atom stereocenters. The standard InChI is InChI=1S/C24H22Br2F2O/c1-24(2,3)18-12-16(8-14-4-6-21(27)19(25)10-14)23(29)17(13-18)9-15-5-7-22(28)20(26)11-15/h4-11,18H,12-13H2,1-3H3/b16-8+,17-9+. The largest absolute Gasteiger partial charge is 0.289 e.